The number of fused-ring (bicyclic) bond motifs is 1. The van der Waals surface area contributed by atoms with Crippen molar-refractivity contribution in [3.63, 3.8) is 0 Å². The van der Waals surface area contributed by atoms with E-state index in [-0.39, 0.29) is 30.3 Å². The Morgan fingerprint density at radius 3 is 2.63 bits per heavy atom. The van der Waals surface area contributed by atoms with Crippen LogP contribution in [0.3, 0.4) is 0 Å². The third kappa shape index (κ3) is 4.07. The van der Waals surface area contributed by atoms with Gasteiger partial charge in [-0.15, -0.1) is 0 Å². The third-order valence-electron chi connectivity index (χ3n) is 5.52. The van der Waals surface area contributed by atoms with Crippen molar-refractivity contribution in [3.05, 3.63) is 29.8 Å². The molecular formula is C20H26N2O5. The number of carboxylic acids is 1. The highest BCUT2D eigenvalue weighted by atomic mass is 16.5. The topological polar surface area (TPSA) is 87.2 Å². The zero-order chi connectivity index (χ0) is 19.6. The van der Waals surface area contributed by atoms with Gasteiger partial charge in [-0.3, -0.25) is 14.4 Å². The van der Waals surface area contributed by atoms with Crippen LogP contribution in [-0.2, 0) is 14.4 Å². The Labute approximate surface area is 158 Å². The molecule has 7 nitrogen and oxygen atoms in total. The molecule has 0 radical (unpaired) electrons. The van der Waals surface area contributed by atoms with Crippen LogP contribution in [0.1, 0.15) is 44.6 Å². The van der Waals surface area contributed by atoms with Gasteiger partial charge in [0.05, 0.1) is 0 Å². The number of likely N-dealkylation sites (tertiary alicyclic amines) is 1. The van der Waals surface area contributed by atoms with Crippen LogP contribution in [0.15, 0.2) is 24.3 Å². The van der Waals surface area contributed by atoms with Gasteiger partial charge < -0.3 is 19.6 Å². The van der Waals surface area contributed by atoms with E-state index in [1.54, 1.807) is 4.90 Å². The SMILES string of the molecule is CC(=O)N(CC(=O)O)[C@@H]1CCCN(C(=O)[C@H]2Oc3ccccc3[C@@H]2C)CC1. The minimum Gasteiger partial charge on any atom is -0.480 e. The summed E-state index contributed by atoms with van der Waals surface area (Å²) in [6.07, 6.45) is 1.47. The summed E-state index contributed by atoms with van der Waals surface area (Å²) in [6, 6.07) is 7.56. The van der Waals surface area contributed by atoms with Gasteiger partial charge in [0.15, 0.2) is 6.10 Å². The van der Waals surface area contributed by atoms with Crippen molar-refractivity contribution in [2.75, 3.05) is 19.6 Å². The lowest BCUT2D eigenvalue weighted by molar-refractivity contribution is -0.145. The molecule has 2 aliphatic rings. The maximum Gasteiger partial charge on any atom is 0.323 e. The van der Waals surface area contributed by atoms with Crippen molar-refractivity contribution in [1.29, 1.82) is 0 Å². The normalized spacial score (nSPS) is 24.5. The fourth-order valence-corrected chi connectivity index (χ4v) is 4.06. The average Bonchev–Trinajstić information content (AvgIpc) is 2.81. The van der Waals surface area contributed by atoms with Crippen LogP contribution in [0, 0.1) is 0 Å². The molecule has 0 aliphatic carbocycles. The number of aliphatic carboxylic acids is 1. The summed E-state index contributed by atoms with van der Waals surface area (Å²) >= 11 is 0. The number of ether oxygens (including phenoxy) is 1. The first-order chi connectivity index (χ1) is 12.9. The monoisotopic (exact) mass is 374 g/mol. The first-order valence-electron chi connectivity index (χ1n) is 9.42. The highest BCUT2D eigenvalue weighted by Crippen LogP contribution is 2.38. The van der Waals surface area contributed by atoms with Crippen LogP contribution in [0.25, 0.3) is 0 Å². The standard InChI is InChI=1S/C20H26N2O5/c1-13-16-7-3-4-8-17(16)27-19(13)20(26)21-10-5-6-15(9-11-21)22(14(2)23)12-18(24)25/h3-4,7-8,13,15,19H,5-6,9-12H2,1-2H3,(H,24,25)/t13-,15+,19-/m0/s1. The van der Waals surface area contributed by atoms with E-state index >= 15 is 0 Å². The minimum absolute atomic E-state index is 0.00604. The van der Waals surface area contributed by atoms with Gasteiger partial charge in [-0.05, 0) is 25.3 Å². The first kappa shape index (κ1) is 19.2. The second-order valence-electron chi connectivity index (χ2n) is 7.32. The summed E-state index contributed by atoms with van der Waals surface area (Å²) in [4.78, 5) is 39.2. The predicted octanol–water partition coefficient (Wildman–Crippen LogP) is 1.87. The van der Waals surface area contributed by atoms with Crippen molar-refractivity contribution >= 4 is 17.8 Å². The molecule has 0 unspecified atom stereocenters. The van der Waals surface area contributed by atoms with E-state index in [0.717, 1.165) is 17.7 Å². The molecule has 1 aromatic carbocycles. The molecule has 7 heteroatoms. The number of rotatable bonds is 4. The Bertz CT molecular complexity index is 735. The van der Waals surface area contributed by atoms with Crippen molar-refractivity contribution in [2.45, 2.75) is 51.2 Å². The van der Waals surface area contributed by atoms with Crippen LogP contribution in [0.5, 0.6) is 5.75 Å². The summed E-state index contributed by atoms with van der Waals surface area (Å²) < 4.78 is 5.91. The van der Waals surface area contributed by atoms with E-state index in [4.69, 9.17) is 9.84 Å². The highest BCUT2D eigenvalue weighted by Gasteiger charge is 2.39. The number of nitrogens with zero attached hydrogens (tertiary/aromatic N) is 2. The molecule has 27 heavy (non-hydrogen) atoms. The molecule has 2 amide bonds. The van der Waals surface area contributed by atoms with Gasteiger partial charge in [0.1, 0.15) is 12.3 Å². The Morgan fingerprint density at radius 2 is 1.96 bits per heavy atom. The number of para-hydroxylation sites is 1. The molecule has 3 rings (SSSR count). The van der Waals surface area contributed by atoms with Gasteiger partial charge in [-0.1, -0.05) is 25.1 Å². The number of carboxylic acid groups (broad SMARTS) is 1. The molecule has 1 aromatic rings. The lowest BCUT2D eigenvalue weighted by Crippen LogP contribution is -2.45. The van der Waals surface area contributed by atoms with E-state index in [0.29, 0.717) is 25.9 Å². The summed E-state index contributed by atoms with van der Waals surface area (Å²) in [6.45, 7) is 4.18. The lowest BCUT2D eigenvalue weighted by Gasteiger charge is -2.29. The number of carbonyl (C=O) groups excluding carboxylic acids is 2. The molecule has 0 spiro atoms. The Morgan fingerprint density at radius 1 is 1.22 bits per heavy atom. The lowest BCUT2D eigenvalue weighted by atomic mass is 9.97. The van der Waals surface area contributed by atoms with Crippen molar-refractivity contribution < 1.29 is 24.2 Å². The fraction of sp³-hybridized carbons (Fsp3) is 0.550. The third-order valence-corrected chi connectivity index (χ3v) is 5.52. The van der Waals surface area contributed by atoms with Crippen molar-refractivity contribution in [1.82, 2.24) is 9.80 Å². The van der Waals surface area contributed by atoms with Crippen LogP contribution in [0.2, 0.25) is 0 Å². The Balaban J connectivity index is 1.65. The van der Waals surface area contributed by atoms with E-state index in [2.05, 4.69) is 0 Å². The smallest absolute Gasteiger partial charge is 0.323 e. The fourth-order valence-electron chi connectivity index (χ4n) is 4.06. The summed E-state index contributed by atoms with van der Waals surface area (Å²) in [5, 5.41) is 9.06. The number of amides is 2. The second kappa shape index (κ2) is 7.98. The summed E-state index contributed by atoms with van der Waals surface area (Å²) in [7, 11) is 0. The number of benzene rings is 1. The first-order valence-corrected chi connectivity index (χ1v) is 9.42. The molecule has 0 saturated carbocycles. The van der Waals surface area contributed by atoms with Gasteiger partial charge in [0.2, 0.25) is 5.91 Å². The quantitative estimate of drug-likeness (QED) is 0.869. The molecular weight excluding hydrogens is 348 g/mol. The van der Waals surface area contributed by atoms with Crippen molar-refractivity contribution in [3.8, 4) is 5.75 Å². The zero-order valence-corrected chi connectivity index (χ0v) is 15.8. The zero-order valence-electron chi connectivity index (χ0n) is 15.8. The maximum atomic E-state index is 13.0. The molecule has 1 saturated heterocycles. The largest absolute Gasteiger partial charge is 0.480 e. The van der Waals surface area contributed by atoms with Gasteiger partial charge in [-0.25, -0.2) is 0 Å². The molecule has 0 bridgehead atoms. The van der Waals surface area contributed by atoms with Gasteiger partial charge >= 0.3 is 5.97 Å². The second-order valence-corrected chi connectivity index (χ2v) is 7.32. The van der Waals surface area contributed by atoms with Crippen LogP contribution in [0.4, 0.5) is 0 Å². The van der Waals surface area contributed by atoms with Crippen LogP contribution >= 0.6 is 0 Å². The minimum atomic E-state index is -1.02. The van der Waals surface area contributed by atoms with Crippen LogP contribution < -0.4 is 4.74 Å². The molecule has 2 heterocycles. The summed E-state index contributed by atoms with van der Waals surface area (Å²) in [5.74, 6) is -0.542. The van der Waals surface area contributed by atoms with Gasteiger partial charge in [0, 0.05) is 37.5 Å². The Kier molecular flexibility index (Phi) is 5.68. The summed E-state index contributed by atoms with van der Waals surface area (Å²) in [5.41, 5.74) is 1.05. The number of carbonyl (C=O) groups is 3. The molecule has 2 aliphatic heterocycles. The number of hydrogen-bond donors (Lipinski definition) is 1. The maximum absolute atomic E-state index is 13.0. The van der Waals surface area contributed by atoms with Gasteiger partial charge in [-0.2, -0.15) is 0 Å². The average molecular weight is 374 g/mol. The van der Waals surface area contributed by atoms with E-state index in [1.165, 1.54) is 11.8 Å². The van der Waals surface area contributed by atoms with E-state index < -0.39 is 12.1 Å². The highest BCUT2D eigenvalue weighted by molar-refractivity contribution is 5.84. The van der Waals surface area contributed by atoms with Crippen molar-refractivity contribution in [2.24, 2.45) is 0 Å². The molecule has 1 N–H and O–H groups in total. The molecule has 0 aromatic heterocycles. The van der Waals surface area contributed by atoms with E-state index in [9.17, 15) is 14.4 Å². The Hall–Kier alpha value is -2.57. The van der Waals surface area contributed by atoms with Gasteiger partial charge in [0.25, 0.3) is 5.91 Å². The molecule has 1 fully saturated rings. The predicted molar refractivity (Wildman–Crippen MR) is 98.5 cm³/mol. The molecule has 3 atom stereocenters. The van der Waals surface area contributed by atoms with Crippen LogP contribution in [-0.4, -0.2) is 64.5 Å². The molecule has 146 valence electrons. The van der Waals surface area contributed by atoms with E-state index in [1.807, 2.05) is 31.2 Å². The number of hydrogen-bond acceptors (Lipinski definition) is 4.